The minimum Gasteiger partial charge on any atom is -0.409 e. The van der Waals surface area contributed by atoms with E-state index in [-0.39, 0.29) is 5.84 Å². The molecule has 0 saturated heterocycles. The maximum absolute atomic E-state index is 8.62. The van der Waals surface area contributed by atoms with E-state index >= 15 is 0 Å². The van der Waals surface area contributed by atoms with Gasteiger partial charge in [-0.05, 0) is 25.5 Å². The van der Waals surface area contributed by atoms with Gasteiger partial charge in [-0.25, -0.2) is 9.67 Å². The van der Waals surface area contributed by atoms with E-state index in [1.54, 1.807) is 16.8 Å². The van der Waals surface area contributed by atoms with Crippen LogP contribution in [0.1, 0.15) is 22.8 Å². The fourth-order valence-corrected chi connectivity index (χ4v) is 2.01. The van der Waals surface area contributed by atoms with E-state index in [1.807, 2.05) is 19.9 Å². The predicted molar refractivity (Wildman–Crippen MR) is 72.6 cm³/mol. The fraction of sp³-hybridized carbons (Fsp3) is 0.250. The van der Waals surface area contributed by atoms with E-state index in [4.69, 9.17) is 22.5 Å². The lowest BCUT2D eigenvalue weighted by molar-refractivity contribution is 0.318. The molecule has 0 aliphatic rings. The molecule has 0 unspecified atom stereocenters. The second-order valence-electron chi connectivity index (χ2n) is 4.16. The number of halogens is 1. The molecule has 2 aromatic rings. The molecule has 7 heteroatoms. The Morgan fingerprint density at radius 2 is 2.21 bits per heavy atom. The van der Waals surface area contributed by atoms with Crippen LogP contribution in [-0.2, 0) is 6.54 Å². The van der Waals surface area contributed by atoms with E-state index in [0.29, 0.717) is 17.1 Å². The van der Waals surface area contributed by atoms with Gasteiger partial charge in [-0.3, -0.25) is 0 Å². The van der Waals surface area contributed by atoms with Crippen LogP contribution in [0.2, 0.25) is 5.02 Å². The number of amidine groups is 1. The number of nitrogens with zero attached hydrogens (tertiary/aromatic N) is 4. The van der Waals surface area contributed by atoms with Crippen molar-refractivity contribution in [2.24, 2.45) is 10.9 Å². The van der Waals surface area contributed by atoms with E-state index in [1.165, 1.54) is 0 Å². The first kappa shape index (κ1) is 13.4. The summed E-state index contributed by atoms with van der Waals surface area (Å²) in [5.41, 5.74) is 6.97. The number of aromatic nitrogens is 3. The summed E-state index contributed by atoms with van der Waals surface area (Å²) < 4.78 is 1.78. The normalized spacial score (nSPS) is 11.8. The minimum absolute atomic E-state index is 0.0289. The topological polar surface area (TPSA) is 89.3 Å². The standard InChI is InChI=1S/C12H14ClN5O/c1-7-15-8(2)18(16-7)6-10-4-3-9(5-11(10)13)12(14)17-19/h3-5,19H,6H2,1-2H3,(H2,14,17). The molecule has 100 valence electrons. The van der Waals surface area contributed by atoms with Crippen LogP contribution in [0.3, 0.4) is 0 Å². The largest absolute Gasteiger partial charge is 0.409 e. The molecule has 0 aliphatic heterocycles. The number of benzene rings is 1. The zero-order valence-electron chi connectivity index (χ0n) is 10.6. The summed E-state index contributed by atoms with van der Waals surface area (Å²) in [6.07, 6.45) is 0. The van der Waals surface area contributed by atoms with Gasteiger partial charge in [0, 0.05) is 10.6 Å². The number of hydrogen-bond acceptors (Lipinski definition) is 4. The quantitative estimate of drug-likeness (QED) is 0.387. The van der Waals surface area contributed by atoms with Crippen molar-refractivity contribution >= 4 is 17.4 Å². The summed E-state index contributed by atoms with van der Waals surface area (Å²) in [6, 6.07) is 5.23. The Hall–Kier alpha value is -2.08. The fourth-order valence-electron chi connectivity index (χ4n) is 1.77. The molecule has 3 N–H and O–H groups in total. The third kappa shape index (κ3) is 2.85. The first-order chi connectivity index (χ1) is 9.01. The van der Waals surface area contributed by atoms with Gasteiger partial charge in [0.25, 0.3) is 0 Å². The third-order valence-corrected chi connectivity index (χ3v) is 3.09. The van der Waals surface area contributed by atoms with Crippen LogP contribution in [0, 0.1) is 13.8 Å². The zero-order chi connectivity index (χ0) is 14.0. The second-order valence-corrected chi connectivity index (χ2v) is 4.56. The summed E-state index contributed by atoms with van der Waals surface area (Å²) in [4.78, 5) is 4.23. The molecule has 1 aromatic carbocycles. The first-order valence-corrected chi connectivity index (χ1v) is 6.03. The van der Waals surface area contributed by atoms with Crippen molar-refractivity contribution in [3.8, 4) is 0 Å². The van der Waals surface area contributed by atoms with Crippen LogP contribution in [0.5, 0.6) is 0 Å². The highest BCUT2D eigenvalue weighted by Crippen LogP contribution is 2.19. The van der Waals surface area contributed by atoms with Crippen molar-refractivity contribution in [1.82, 2.24) is 14.8 Å². The van der Waals surface area contributed by atoms with Gasteiger partial charge in [0.1, 0.15) is 11.6 Å². The molecule has 0 spiro atoms. The van der Waals surface area contributed by atoms with Gasteiger partial charge < -0.3 is 10.9 Å². The van der Waals surface area contributed by atoms with E-state index < -0.39 is 0 Å². The van der Waals surface area contributed by atoms with Gasteiger partial charge >= 0.3 is 0 Å². The van der Waals surface area contributed by atoms with Gasteiger partial charge in [-0.2, -0.15) is 5.10 Å². The highest BCUT2D eigenvalue weighted by Gasteiger charge is 2.08. The molecule has 0 atom stereocenters. The maximum atomic E-state index is 8.62. The Labute approximate surface area is 115 Å². The summed E-state index contributed by atoms with van der Waals surface area (Å²) in [5, 5.41) is 16.4. The van der Waals surface area contributed by atoms with Crippen molar-refractivity contribution in [3.05, 3.63) is 46.0 Å². The minimum atomic E-state index is 0.0289. The highest BCUT2D eigenvalue weighted by atomic mass is 35.5. The Balaban J connectivity index is 2.29. The van der Waals surface area contributed by atoms with Crippen molar-refractivity contribution < 1.29 is 5.21 Å². The SMILES string of the molecule is Cc1nc(C)n(Cc2ccc(/C(N)=N/O)cc2Cl)n1. The molecule has 1 heterocycles. The van der Waals surface area contributed by atoms with Crippen LogP contribution < -0.4 is 5.73 Å². The van der Waals surface area contributed by atoms with Crippen molar-refractivity contribution in [3.63, 3.8) is 0 Å². The Bertz CT molecular complexity index is 635. The molecular formula is C12H14ClN5O. The molecule has 0 aliphatic carbocycles. The van der Waals surface area contributed by atoms with Crippen LogP contribution >= 0.6 is 11.6 Å². The Morgan fingerprint density at radius 1 is 1.47 bits per heavy atom. The van der Waals surface area contributed by atoms with Gasteiger partial charge in [0.15, 0.2) is 5.84 Å². The molecule has 1 aromatic heterocycles. The van der Waals surface area contributed by atoms with Gasteiger partial charge in [0.05, 0.1) is 6.54 Å². The highest BCUT2D eigenvalue weighted by molar-refractivity contribution is 6.31. The Morgan fingerprint density at radius 3 is 2.74 bits per heavy atom. The summed E-state index contributed by atoms with van der Waals surface area (Å²) in [6.45, 7) is 4.26. The zero-order valence-corrected chi connectivity index (χ0v) is 11.4. The summed E-state index contributed by atoms with van der Waals surface area (Å²) in [7, 11) is 0. The van der Waals surface area contributed by atoms with E-state index in [9.17, 15) is 0 Å². The van der Waals surface area contributed by atoms with E-state index in [0.717, 1.165) is 17.2 Å². The van der Waals surface area contributed by atoms with Crippen LogP contribution in [0.4, 0.5) is 0 Å². The Kier molecular flexibility index (Phi) is 3.71. The number of nitrogens with two attached hydrogens (primary N) is 1. The summed E-state index contributed by atoms with van der Waals surface area (Å²) >= 11 is 6.19. The van der Waals surface area contributed by atoms with Crippen molar-refractivity contribution in [1.29, 1.82) is 0 Å². The number of hydrogen-bond donors (Lipinski definition) is 2. The van der Waals surface area contributed by atoms with Gasteiger partial charge in [-0.1, -0.05) is 28.9 Å². The number of oxime groups is 1. The van der Waals surface area contributed by atoms with Crippen LogP contribution in [0.25, 0.3) is 0 Å². The summed E-state index contributed by atoms with van der Waals surface area (Å²) in [5.74, 6) is 1.58. The van der Waals surface area contributed by atoms with Gasteiger partial charge in [-0.15, -0.1) is 0 Å². The van der Waals surface area contributed by atoms with Gasteiger partial charge in [0.2, 0.25) is 0 Å². The molecule has 0 saturated carbocycles. The van der Waals surface area contributed by atoms with Crippen molar-refractivity contribution in [2.45, 2.75) is 20.4 Å². The lowest BCUT2D eigenvalue weighted by atomic mass is 10.1. The molecule has 19 heavy (non-hydrogen) atoms. The average Bonchev–Trinajstić information content (AvgIpc) is 2.69. The first-order valence-electron chi connectivity index (χ1n) is 5.65. The average molecular weight is 280 g/mol. The van der Waals surface area contributed by atoms with Crippen LogP contribution in [0.15, 0.2) is 23.4 Å². The van der Waals surface area contributed by atoms with E-state index in [2.05, 4.69) is 15.2 Å². The number of rotatable bonds is 3. The molecule has 0 bridgehead atoms. The molecule has 6 nitrogen and oxygen atoms in total. The number of aryl methyl sites for hydroxylation is 2. The van der Waals surface area contributed by atoms with Crippen LogP contribution in [-0.4, -0.2) is 25.8 Å². The predicted octanol–water partition coefficient (Wildman–Crippen LogP) is 1.69. The third-order valence-electron chi connectivity index (χ3n) is 2.74. The van der Waals surface area contributed by atoms with Crippen molar-refractivity contribution in [2.75, 3.05) is 0 Å². The lowest BCUT2D eigenvalue weighted by Gasteiger charge is -2.07. The molecule has 2 rings (SSSR count). The molecular weight excluding hydrogens is 266 g/mol. The maximum Gasteiger partial charge on any atom is 0.170 e. The molecule has 0 amide bonds. The monoisotopic (exact) mass is 279 g/mol. The molecule has 0 radical (unpaired) electrons. The smallest absolute Gasteiger partial charge is 0.170 e. The molecule has 0 fully saturated rings. The second kappa shape index (κ2) is 5.27. The lowest BCUT2D eigenvalue weighted by Crippen LogP contribution is -2.13.